The van der Waals surface area contributed by atoms with E-state index in [4.69, 9.17) is 9.84 Å². The van der Waals surface area contributed by atoms with E-state index in [0.29, 0.717) is 29.8 Å². The Morgan fingerprint density at radius 1 is 1.12 bits per heavy atom. The van der Waals surface area contributed by atoms with Gasteiger partial charge in [-0.2, -0.15) is 14.3 Å². The van der Waals surface area contributed by atoms with Crippen LogP contribution in [-0.2, 0) is 4.79 Å². The molecule has 4 heterocycles. The van der Waals surface area contributed by atoms with Crippen molar-refractivity contribution in [1.29, 1.82) is 0 Å². The summed E-state index contributed by atoms with van der Waals surface area (Å²) in [5.74, 6) is 1.97. The fourth-order valence-electron chi connectivity index (χ4n) is 4.83. The molecule has 1 aliphatic heterocycles. The standard InChI is InChI=1S/C23H23N7O2/c1-14-22-18(15-5-4-8-17(11-15)32-16-6-2-3-7-16)12-21(31)25-23(22)30(27-14)20-10-9-19-26-24-13-29(19)28-20/h4-5,8-11,13,16,18H,2-3,6-7,12H2,1H3,(H,25,31). The summed E-state index contributed by atoms with van der Waals surface area (Å²) in [6.45, 7) is 1.97. The summed E-state index contributed by atoms with van der Waals surface area (Å²) in [7, 11) is 0. The third-order valence-electron chi connectivity index (χ3n) is 6.33. The zero-order chi connectivity index (χ0) is 21.7. The van der Waals surface area contributed by atoms with Gasteiger partial charge in [0.1, 0.15) is 17.9 Å². The third-order valence-corrected chi connectivity index (χ3v) is 6.33. The van der Waals surface area contributed by atoms with Gasteiger partial charge in [0, 0.05) is 17.9 Å². The fourth-order valence-corrected chi connectivity index (χ4v) is 4.83. The molecule has 1 N–H and O–H groups in total. The van der Waals surface area contributed by atoms with Gasteiger partial charge in [-0.25, -0.2) is 0 Å². The van der Waals surface area contributed by atoms with Gasteiger partial charge < -0.3 is 10.1 Å². The van der Waals surface area contributed by atoms with Gasteiger partial charge in [0.05, 0.1) is 11.8 Å². The minimum absolute atomic E-state index is 0.0452. The molecule has 32 heavy (non-hydrogen) atoms. The van der Waals surface area contributed by atoms with Gasteiger partial charge in [-0.15, -0.1) is 15.3 Å². The van der Waals surface area contributed by atoms with Crippen LogP contribution in [0, 0.1) is 6.92 Å². The average molecular weight is 429 g/mol. The Hall–Kier alpha value is -3.75. The fraction of sp³-hybridized carbons (Fsp3) is 0.348. The number of carbonyl (C=O) groups excluding carboxylic acids is 1. The van der Waals surface area contributed by atoms with Crippen LogP contribution in [0.15, 0.2) is 42.7 Å². The largest absolute Gasteiger partial charge is 0.490 e. The number of amides is 1. The average Bonchev–Trinajstić information content (AvgIpc) is 3.54. The highest BCUT2D eigenvalue weighted by atomic mass is 16.5. The molecular formula is C23H23N7O2. The maximum Gasteiger partial charge on any atom is 0.226 e. The number of nitrogens with one attached hydrogen (secondary N) is 1. The van der Waals surface area contributed by atoms with Crippen LogP contribution in [0.2, 0.25) is 0 Å². The molecule has 162 valence electrons. The molecule has 2 aliphatic rings. The lowest BCUT2D eigenvalue weighted by Gasteiger charge is -2.25. The molecule has 3 aromatic heterocycles. The SMILES string of the molecule is Cc1nn(-c2ccc3nncn3n2)c2c1C(c1cccc(OC3CCCC3)c1)CC(=O)N2. The zero-order valence-corrected chi connectivity index (χ0v) is 17.7. The first-order chi connectivity index (χ1) is 15.7. The Balaban J connectivity index is 1.40. The molecule has 0 saturated heterocycles. The Bertz CT molecular complexity index is 1320. The van der Waals surface area contributed by atoms with Gasteiger partial charge in [0.25, 0.3) is 0 Å². The van der Waals surface area contributed by atoms with E-state index in [1.165, 1.54) is 12.8 Å². The van der Waals surface area contributed by atoms with Gasteiger partial charge in [0.15, 0.2) is 11.5 Å². The predicted octanol–water partition coefficient (Wildman–Crippen LogP) is 3.41. The lowest BCUT2D eigenvalue weighted by atomic mass is 9.85. The number of aromatic nitrogens is 6. The summed E-state index contributed by atoms with van der Waals surface area (Å²) in [6.07, 6.45) is 6.86. The van der Waals surface area contributed by atoms with Crippen LogP contribution in [0.3, 0.4) is 0 Å². The molecule has 9 heteroatoms. The van der Waals surface area contributed by atoms with Crippen molar-refractivity contribution in [2.45, 2.75) is 51.0 Å². The number of carbonyl (C=O) groups is 1. The van der Waals surface area contributed by atoms with Gasteiger partial charge in [-0.05, 0) is 62.4 Å². The van der Waals surface area contributed by atoms with E-state index in [1.807, 2.05) is 31.2 Å². The van der Waals surface area contributed by atoms with Crippen molar-refractivity contribution >= 4 is 17.4 Å². The molecule has 6 rings (SSSR count). The highest BCUT2D eigenvalue weighted by molar-refractivity contribution is 5.95. The first kappa shape index (κ1) is 19.0. The summed E-state index contributed by atoms with van der Waals surface area (Å²) in [5, 5.41) is 20.1. The minimum Gasteiger partial charge on any atom is -0.490 e. The molecule has 0 spiro atoms. The van der Waals surface area contributed by atoms with E-state index in [9.17, 15) is 4.79 Å². The maximum atomic E-state index is 12.7. The summed E-state index contributed by atoms with van der Waals surface area (Å²) < 4.78 is 9.49. The van der Waals surface area contributed by atoms with Crippen LogP contribution in [0.4, 0.5) is 5.82 Å². The van der Waals surface area contributed by atoms with Gasteiger partial charge in [-0.1, -0.05) is 12.1 Å². The van der Waals surface area contributed by atoms with E-state index in [1.54, 1.807) is 15.5 Å². The number of ether oxygens (including phenoxy) is 1. The third kappa shape index (κ3) is 3.21. The van der Waals surface area contributed by atoms with E-state index in [2.05, 4.69) is 32.7 Å². The molecule has 4 aromatic rings. The van der Waals surface area contributed by atoms with Crippen LogP contribution in [0.1, 0.15) is 54.8 Å². The lowest BCUT2D eigenvalue weighted by molar-refractivity contribution is -0.116. The highest BCUT2D eigenvalue weighted by Gasteiger charge is 2.33. The van der Waals surface area contributed by atoms with Crippen LogP contribution in [0.25, 0.3) is 11.5 Å². The number of hydrogen-bond donors (Lipinski definition) is 1. The smallest absolute Gasteiger partial charge is 0.226 e. The maximum absolute atomic E-state index is 12.7. The normalized spacial score (nSPS) is 18.7. The number of rotatable bonds is 4. The second-order valence-corrected chi connectivity index (χ2v) is 8.49. The van der Waals surface area contributed by atoms with Crippen molar-refractivity contribution in [1.82, 2.24) is 29.6 Å². The van der Waals surface area contributed by atoms with E-state index < -0.39 is 0 Å². The van der Waals surface area contributed by atoms with Crippen molar-refractivity contribution < 1.29 is 9.53 Å². The molecule has 1 aromatic carbocycles. The molecule has 1 fully saturated rings. The molecule has 1 aliphatic carbocycles. The molecule has 0 radical (unpaired) electrons. The van der Waals surface area contributed by atoms with E-state index in [-0.39, 0.29) is 11.8 Å². The van der Waals surface area contributed by atoms with Crippen molar-refractivity contribution in [3.8, 4) is 11.6 Å². The van der Waals surface area contributed by atoms with E-state index in [0.717, 1.165) is 35.4 Å². The molecule has 1 saturated carbocycles. The number of hydrogen-bond acceptors (Lipinski definition) is 6. The Morgan fingerprint density at radius 2 is 2.00 bits per heavy atom. The van der Waals surface area contributed by atoms with Gasteiger partial charge in [-0.3, -0.25) is 4.79 Å². The number of benzene rings is 1. The van der Waals surface area contributed by atoms with Crippen molar-refractivity contribution in [2.75, 3.05) is 5.32 Å². The second kappa shape index (κ2) is 7.44. The Morgan fingerprint density at radius 3 is 2.88 bits per heavy atom. The quantitative estimate of drug-likeness (QED) is 0.534. The van der Waals surface area contributed by atoms with Crippen LogP contribution in [0.5, 0.6) is 5.75 Å². The minimum atomic E-state index is -0.0988. The summed E-state index contributed by atoms with van der Waals surface area (Å²) in [4.78, 5) is 12.7. The molecular weight excluding hydrogens is 406 g/mol. The highest BCUT2D eigenvalue weighted by Crippen LogP contribution is 2.41. The first-order valence-corrected chi connectivity index (χ1v) is 11.0. The first-order valence-electron chi connectivity index (χ1n) is 11.0. The van der Waals surface area contributed by atoms with Crippen LogP contribution >= 0.6 is 0 Å². The molecule has 1 unspecified atom stereocenters. The van der Waals surface area contributed by atoms with Gasteiger partial charge >= 0.3 is 0 Å². The van der Waals surface area contributed by atoms with Crippen molar-refractivity contribution in [3.63, 3.8) is 0 Å². The van der Waals surface area contributed by atoms with E-state index >= 15 is 0 Å². The number of aryl methyl sites for hydroxylation is 1. The number of nitrogens with zero attached hydrogens (tertiary/aromatic N) is 6. The summed E-state index contributed by atoms with van der Waals surface area (Å²) in [5.41, 5.74) is 3.57. The topological polar surface area (TPSA) is 99.2 Å². The zero-order valence-electron chi connectivity index (χ0n) is 17.7. The number of fused-ring (bicyclic) bond motifs is 2. The number of anilines is 1. The molecule has 9 nitrogen and oxygen atoms in total. The predicted molar refractivity (Wildman–Crippen MR) is 117 cm³/mol. The summed E-state index contributed by atoms with van der Waals surface area (Å²) >= 11 is 0. The molecule has 1 amide bonds. The van der Waals surface area contributed by atoms with Crippen LogP contribution < -0.4 is 10.1 Å². The molecule has 0 bridgehead atoms. The Kier molecular flexibility index (Phi) is 4.41. The Labute approximate surface area is 184 Å². The van der Waals surface area contributed by atoms with Crippen molar-refractivity contribution in [3.05, 3.63) is 59.5 Å². The van der Waals surface area contributed by atoms with Gasteiger partial charge in [0.2, 0.25) is 5.91 Å². The second-order valence-electron chi connectivity index (χ2n) is 8.49. The summed E-state index contributed by atoms with van der Waals surface area (Å²) in [6, 6.07) is 11.8. The van der Waals surface area contributed by atoms with Crippen LogP contribution in [-0.4, -0.2) is 41.6 Å². The lowest BCUT2D eigenvalue weighted by Crippen LogP contribution is -2.25. The molecule has 1 atom stereocenters. The monoisotopic (exact) mass is 429 g/mol. The van der Waals surface area contributed by atoms with Crippen molar-refractivity contribution in [2.24, 2.45) is 0 Å².